The second-order valence-corrected chi connectivity index (χ2v) is 5.52. The lowest BCUT2D eigenvalue weighted by atomic mass is 9.88. The van der Waals surface area contributed by atoms with Gasteiger partial charge >= 0.3 is 6.18 Å². The van der Waals surface area contributed by atoms with Crippen LogP contribution in [0.2, 0.25) is 0 Å². The molecule has 0 aliphatic carbocycles. The first-order valence-corrected chi connectivity index (χ1v) is 7.04. The quantitative estimate of drug-likeness (QED) is 0.901. The van der Waals surface area contributed by atoms with Crippen LogP contribution in [0.3, 0.4) is 0 Å². The monoisotopic (exact) mass is 300 g/mol. The molecule has 0 spiro atoms. The predicted octanol–water partition coefficient (Wildman–Crippen LogP) is 2.68. The second kappa shape index (κ2) is 6.47. The molecule has 21 heavy (non-hydrogen) atoms. The molecule has 1 saturated heterocycles. The molecule has 0 saturated carbocycles. The normalized spacial score (nSPS) is 22.9. The first kappa shape index (κ1) is 15.8. The van der Waals surface area contributed by atoms with E-state index < -0.39 is 17.6 Å². The molecule has 2 unspecified atom stereocenters. The number of piperidine rings is 1. The lowest BCUT2D eigenvalue weighted by molar-refractivity contribution is -0.137. The minimum atomic E-state index is -4.43. The highest BCUT2D eigenvalue weighted by molar-refractivity contribution is 5.94. The zero-order valence-corrected chi connectivity index (χ0v) is 11.8. The van der Waals surface area contributed by atoms with Gasteiger partial charge in [-0.25, -0.2) is 0 Å². The highest BCUT2D eigenvalue weighted by atomic mass is 19.4. The van der Waals surface area contributed by atoms with Crippen LogP contribution in [0.5, 0.6) is 0 Å². The summed E-state index contributed by atoms with van der Waals surface area (Å²) in [7, 11) is 0. The van der Waals surface area contributed by atoms with Gasteiger partial charge in [-0.05, 0) is 49.5 Å². The van der Waals surface area contributed by atoms with Crippen molar-refractivity contribution in [2.75, 3.05) is 19.6 Å². The first-order chi connectivity index (χ1) is 9.88. The van der Waals surface area contributed by atoms with E-state index in [0.717, 1.165) is 31.6 Å². The number of carbonyl (C=O) groups excluding carboxylic acids is 1. The van der Waals surface area contributed by atoms with Gasteiger partial charge in [0.25, 0.3) is 5.91 Å². The van der Waals surface area contributed by atoms with Crippen LogP contribution in [0.25, 0.3) is 0 Å². The van der Waals surface area contributed by atoms with Crippen LogP contribution in [-0.4, -0.2) is 25.5 Å². The Morgan fingerprint density at radius 1 is 1.43 bits per heavy atom. The Morgan fingerprint density at radius 2 is 2.19 bits per heavy atom. The van der Waals surface area contributed by atoms with Crippen molar-refractivity contribution in [3.05, 3.63) is 35.4 Å². The number of nitrogens with one attached hydrogen (secondary N) is 2. The molecule has 1 amide bonds. The Morgan fingerprint density at radius 3 is 2.86 bits per heavy atom. The molecule has 2 rings (SSSR count). The summed E-state index contributed by atoms with van der Waals surface area (Å²) in [6.07, 6.45) is -3.39. The number of benzene rings is 1. The van der Waals surface area contributed by atoms with Crippen molar-refractivity contribution in [1.82, 2.24) is 10.6 Å². The van der Waals surface area contributed by atoms with Crippen molar-refractivity contribution in [2.24, 2.45) is 11.8 Å². The second-order valence-electron chi connectivity index (χ2n) is 5.52. The van der Waals surface area contributed by atoms with Crippen molar-refractivity contribution in [1.29, 1.82) is 0 Å². The van der Waals surface area contributed by atoms with Crippen LogP contribution < -0.4 is 10.6 Å². The number of halogens is 3. The van der Waals surface area contributed by atoms with Gasteiger partial charge in [-0.3, -0.25) is 4.79 Å². The van der Waals surface area contributed by atoms with Crippen LogP contribution in [0.1, 0.15) is 29.3 Å². The maximum Gasteiger partial charge on any atom is 0.416 e. The van der Waals surface area contributed by atoms with Gasteiger partial charge in [-0.2, -0.15) is 13.2 Å². The van der Waals surface area contributed by atoms with E-state index >= 15 is 0 Å². The van der Waals surface area contributed by atoms with Crippen molar-refractivity contribution in [3.63, 3.8) is 0 Å². The van der Waals surface area contributed by atoms with Crippen molar-refractivity contribution >= 4 is 5.91 Å². The fraction of sp³-hybridized carbons (Fsp3) is 0.533. The van der Waals surface area contributed by atoms with Crippen molar-refractivity contribution in [2.45, 2.75) is 19.5 Å². The Kier molecular flexibility index (Phi) is 4.88. The zero-order chi connectivity index (χ0) is 15.5. The molecule has 1 aromatic rings. The third-order valence-electron chi connectivity index (χ3n) is 3.96. The summed E-state index contributed by atoms with van der Waals surface area (Å²) in [5.41, 5.74) is -0.760. The summed E-state index contributed by atoms with van der Waals surface area (Å²) < 4.78 is 37.9. The van der Waals surface area contributed by atoms with E-state index in [0.29, 0.717) is 18.4 Å². The fourth-order valence-electron chi connectivity index (χ4n) is 2.49. The van der Waals surface area contributed by atoms with Gasteiger partial charge in [0, 0.05) is 12.1 Å². The van der Waals surface area contributed by atoms with Crippen molar-refractivity contribution < 1.29 is 18.0 Å². The molecular weight excluding hydrogens is 281 g/mol. The van der Waals surface area contributed by atoms with E-state index in [1.165, 1.54) is 12.1 Å². The molecule has 0 aromatic heterocycles. The highest BCUT2D eigenvalue weighted by Gasteiger charge is 2.31. The Hall–Kier alpha value is -1.56. The lowest BCUT2D eigenvalue weighted by Gasteiger charge is -2.29. The predicted molar refractivity (Wildman–Crippen MR) is 73.9 cm³/mol. The van der Waals surface area contributed by atoms with Gasteiger partial charge < -0.3 is 10.6 Å². The number of rotatable bonds is 3. The maximum absolute atomic E-state index is 12.6. The molecule has 2 N–H and O–H groups in total. The van der Waals surface area contributed by atoms with Crippen LogP contribution >= 0.6 is 0 Å². The molecule has 1 aliphatic rings. The number of hydrogen-bond acceptors (Lipinski definition) is 2. The Labute approximate surface area is 121 Å². The van der Waals surface area contributed by atoms with Crippen LogP contribution in [0.4, 0.5) is 13.2 Å². The van der Waals surface area contributed by atoms with Crippen LogP contribution in [0, 0.1) is 11.8 Å². The van der Waals surface area contributed by atoms with Gasteiger partial charge in [0.2, 0.25) is 0 Å². The van der Waals surface area contributed by atoms with E-state index in [1.54, 1.807) is 0 Å². The summed E-state index contributed by atoms with van der Waals surface area (Å²) in [5, 5.41) is 5.99. The SMILES string of the molecule is CC1CCNCC1CNC(=O)c1cccc(C(F)(F)F)c1. The molecule has 116 valence electrons. The van der Waals surface area contributed by atoms with E-state index in [4.69, 9.17) is 0 Å². The van der Waals surface area contributed by atoms with Crippen LogP contribution in [0.15, 0.2) is 24.3 Å². The molecular formula is C15H19F3N2O. The highest BCUT2D eigenvalue weighted by Crippen LogP contribution is 2.29. The van der Waals surface area contributed by atoms with E-state index in [1.807, 2.05) is 0 Å². The maximum atomic E-state index is 12.6. The average Bonchev–Trinajstić information content (AvgIpc) is 2.45. The molecule has 0 radical (unpaired) electrons. The first-order valence-electron chi connectivity index (χ1n) is 7.04. The van der Waals surface area contributed by atoms with Gasteiger partial charge in [0.05, 0.1) is 5.56 Å². The van der Waals surface area contributed by atoms with Gasteiger partial charge in [0.1, 0.15) is 0 Å². The van der Waals surface area contributed by atoms with Gasteiger partial charge in [-0.1, -0.05) is 13.0 Å². The standard InChI is InChI=1S/C15H19F3N2O/c1-10-5-6-19-8-12(10)9-20-14(21)11-3-2-4-13(7-11)15(16,17)18/h2-4,7,10,12,19H,5-6,8-9H2,1H3,(H,20,21). The zero-order valence-electron chi connectivity index (χ0n) is 11.8. The summed E-state index contributed by atoms with van der Waals surface area (Å²) in [4.78, 5) is 12.0. The minimum absolute atomic E-state index is 0.0428. The summed E-state index contributed by atoms with van der Waals surface area (Å²) in [5.74, 6) is 0.348. The average molecular weight is 300 g/mol. The number of hydrogen-bond donors (Lipinski definition) is 2. The van der Waals surface area contributed by atoms with Gasteiger partial charge in [-0.15, -0.1) is 0 Å². The molecule has 2 atom stereocenters. The lowest BCUT2D eigenvalue weighted by Crippen LogP contribution is -2.42. The third-order valence-corrected chi connectivity index (χ3v) is 3.96. The summed E-state index contributed by atoms with van der Waals surface area (Å²) >= 11 is 0. The molecule has 6 heteroatoms. The van der Waals surface area contributed by atoms with E-state index in [2.05, 4.69) is 17.6 Å². The van der Waals surface area contributed by atoms with Crippen LogP contribution in [-0.2, 0) is 6.18 Å². The Balaban J connectivity index is 1.97. The smallest absolute Gasteiger partial charge is 0.352 e. The molecule has 1 aliphatic heterocycles. The topological polar surface area (TPSA) is 41.1 Å². The number of alkyl halides is 3. The van der Waals surface area contributed by atoms with E-state index in [-0.39, 0.29) is 5.56 Å². The largest absolute Gasteiger partial charge is 0.416 e. The fourth-order valence-corrected chi connectivity index (χ4v) is 2.49. The van der Waals surface area contributed by atoms with E-state index in [9.17, 15) is 18.0 Å². The Bertz CT molecular complexity index is 502. The molecule has 1 fully saturated rings. The molecule has 1 aromatic carbocycles. The summed E-state index contributed by atoms with van der Waals surface area (Å²) in [6, 6.07) is 4.50. The molecule has 0 bridgehead atoms. The molecule has 1 heterocycles. The molecule has 3 nitrogen and oxygen atoms in total. The van der Waals surface area contributed by atoms with Gasteiger partial charge in [0.15, 0.2) is 0 Å². The van der Waals surface area contributed by atoms with Crippen molar-refractivity contribution in [3.8, 4) is 0 Å². The summed E-state index contributed by atoms with van der Waals surface area (Å²) in [6.45, 7) is 4.40. The number of carbonyl (C=O) groups is 1. The number of amides is 1. The minimum Gasteiger partial charge on any atom is -0.352 e. The third kappa shape index (κ3) is 4.20.